The van der Waals surface area contributed by atoms with Crippen LogP contribution in [0.5, 0.6) is 5.75 Å². The van der Waals surface area contributed by atoms with Crippen molar-refractivity contribution < 1.29 is 9.53 Å². The van der Waals surface area contributed by atoms with E-state index in [1.165, 1.54) is 0 Å². The van der Waals surface area contributed by atoms with Crippen molar-refractivity contribution in [3.63, 3.8) is 0 Å². The number of carbonyl (C=O) groups excluding carboxylic acids is 1. The summed E-state index contributed by atoms with van der Waals surface area (Å²) in [5.41, 5.74) is 3.12. The zero-order chi connectivity index (χ0) is 24.2. The number of nitrogens with zero attached hydrogens (tertiary/aromatic N) is 3. The van der Waals surface area contributed by atoms with Crippen LogP contribution in [0.15, 0.2) is 77.6 Å². The average molecular weight is 456 g/mol. The normalized spacial score (nSPS) is 11.9. The zero-order valence-corrected chi connectivity index (χ0v) is 20.0. The van der Waals surface area contributed by atoms with E-state index in [2.05, 4.69) is 0 Å². The van der Waals surface area contributed by atoms with Crippen molar-refractivity contribution >= 4 is 16.8 Å². The second-order valence-corrected chi connectivity index (χ2v) is 8.29. The molecule has 1 heterocycles. The lowest BCUT2D eigenvalue weighted by molar-refractivity contribution is -0.132. The molecule has 0 aliphatic carbocycles. The fraction of sp³-hybridized carbons (Fsp3) is 0.250. The van der Waals surface area contributed by atoms with E-state index < -0.39 is 6.04 Å². The lowest BCUT2D eigenvalue weighted by atomic mass is 10.1. The second kappa shape index (κ2) is 9.91. The molecule has 6 nitrogen and oxygen atoms in total. The Morgan fingerprint density at radius 1 is 1.03 bits per heavy atom. The first kappa shape index (κ1) is 23.2. The molecule has 0 aliphatic heterocycles. The minimum atomic E-state index is -0.410. The van der Waals surface area contributed by atoms with Gasteiger partial charge in [-0.25, -0.2) is 4.98 Å². The number of carbonyl (C=O) groups is 1. The maximum atomic E-state index is 13.6. The molecule has 0 bridgehead atoms. The average Bonchev–Trinajstić information content (AvgIpc) is 2.85. The van der Waals surface area contributed by atoms with Crippen LogP contribution in [0.2, 0.25) is 0 Å². The highest BCUT2D eigenvalue weighted by Crippen LogP contribution is 2.25. The topological polar surface area (TPSA) is 64.4 Å². The lowest BCUT2D eigenvalue weighted by Gasteiger charge is -2.30. The van der Waals surface area contributed by atoms with Gasteiger partial charge in [-0.1, -0.05) is 42.5 Å². The molecule has 174 valence electrons. The number of aryl methyl sites for hydroxylation is 1. The smallest absolute Gasteiger partial charge is 0.266 e. The Labute approximate surface area is 199 Å². The molecule has 1 aromatic heterocycles. The van der Waals surface area contributed by atoms with Crippen molar-refractivity contribution in [3.05, 3.63) is 100 Å². The first-order valence-electron chi connectivity index (χ1n) is 11.4. The van der Waals surface area contributed by atoms with E-state index in [0.29, 0.717) is 23.3 Å². The van der Waals surface area contributed by atoms with E-state index in [-0.39, 0.29) is 17.9 Å². The van der Waals surface area contributed by atoms with Gasteiger partial charge in [0.25, 0.3) is 5.56 Å². The molecule has 0 saturated heterocycles. The van der Waals surface area contributed by atoms with Crippen LogP contribution in [0.1, 0.15) is 36.8 Å². The minimum Gasteiger partial charge on any atom is -0.497 e. The monoisotopic (exact) mass is 455 g/mol. The van der Waals surface area contributed by atoms with Gasteiger partial charge in [0.2, 0.25) is 5.91 Å². The van der Waals surface area contributed by atoms with Gasteiger partial charge in [-0.2, -0.15) is 0 Å². The van der Waals surface area contributed by atoms with Gasteiger partial charge in [-0.15, -0.1) is 0 Å². The number of ether oxygens (including phenoxy) is 1. The highest BCUT2D eigenvalue weighted by atomic mass is 16.5. The van der Waals surface area contributed by atoms with Gasteiger partial charge in [0.15, 0.2) is 0 Å². The largest absolute Gasteiger partial charge is 0.497 e. The summed E-state index contributed by atoms with van der Waals surface area (Å²) in [7, 11) is 1.62. The summed E-state index contributed by atoms with van der Waals surface area (Å²) in [6.07, 6.45) is 0.254. The summed E-state index contributed by atoms with van der Waals surface area (Å²) in [6.45, 7) is 6.34. The van der Waals surface area contributed by atoms with E-state index in [1.807, 2.05) is 87.5 Å². The maximum Gasteiger partial charge on any atom is 0.266 e. The first-order valence-corrected chi connectivity index (χ1v) is 11.4. The van der Waals surface area contributed by atoms with Crippen molar-refractivity contribution in [1.29, 1.82) is 0 Å². The molecular formula is C28H29N3O3. The number of benzene rings is 3. The SMILES string of the molecule is CCN(C(=O)Cc1ccc(OC)cc1)C(C)c1nc2ccccc2c(=O)n1-c1ccccc1C. The molecule has 1 unspecified atom stereocenters. The number of methoxy groups -OCH3 is 1. The Hall–Kier alpha value is -3.93. The number of hydrogen-bond acceptors (Lipinski definition) is 4. The second-order valence-electron chi connectivity index (χ2n) is 8.29. The summed E-state index contributed by atoms with van der Waals surface area (Å²) in [6, 6.07) is 22.2. The Kier molecular flexibility index (Phi) is 6.77. The standard InChI is InChI=1S/C28H29N3O3/c1-5-30(26(32)18-21-14-16-22(34-4)17-15-21)20(3)27-29-24-12-8-7-11-23(24)28(33)31(27)25-13-9-6-10-19(25)2/h6-17,20H,5,18H2,1-4H3. The maximum absolute atomic E-state index is 13.6. The van der Waals surface area contributed by atoms with Crippen LogP contribution in [-0.2, 0) is 11.2 Å². The number of fused-ring (bicyclic) bond motifs is 1. The Bertz CT molecular complexity index is 1380. The molecule has 0 N–H and O–H groups in total. The Morgan fingerprint density at radius 3 is 2.38 bits per heavy atom. The summed E-state index contributed by atoms with van der Waals surface area (Å²) in [4.78, 5) is 33.7. The quantitative estimate of drug-likeness (QED) is 0.399. The highest BCUT2D eigenvalue weighted by Gasteiger charge is 2.26. The van der Waals surface area contributed by atoms with Crippen LogP contribution < -0.4 is 10.3 Å². The third kappa shape index (κ3) is 4.44. The van der Waals surface area contributed by atoms with E-state index in [0.717, 1.165) is 22.6 Å². The van der Waals surface area contributed by atoms with Gasteiger partial charge in [0, 0.05) is 6.54 Å². The van der Waals surface area contributed by atoms with Gasteiger partial charge < -0.3 is 9.64 Å². The fourth-order valence-corrected chi connectivity index (χ4v) is 4.30. The van der Waals surface area contributed by atoms with E-state index >= 15 is 0 Å². The van der Waals surface area contributed by atoms with Gasteiger partial charge >= 0.3 is 0 Å². The van der Waals surface area contributed by atoms with Crippen LogP contribution >= 0.6 is 0 Å². The first-order chi connectivity index (χ1) is 16.4. The van der Waals surface area contributed by atoms with Crippen molar-refractivity contribution in [2.75, 3.05) is 13.7 Å². The molecule has 0 fully saturated rings. The van der Waals surface area contributed by atoms with Gasteiger partial charge in [-0.05, 0) is 62.2 Å². The number of hydrogen-bond donors (Lipinski definition) is 0. The molecule has 34 heavy (non-hydrogen) atoms. The van der Waals surface area contributed by atoms with Crippen LogP contribution in [0.4, 0.5) is 0 Å². The molecule has 1 amide bonds. The van der Waals surface area contributed by atoms with Gasteiger partial charge in [-0.3, -0.25) is 14.2 Å². The molecule has 0 radical (unpaired) electrons. The zero-order valence-electron chi connectivity index (χ0n) is 20.0. The molecule has 0 spiro atoms. The molecule has 6 heteroatoms. The Balaban J connectivity index is 1.79. The van der Waals surface area contributed by atoms with Crippen LogP contribution in [0, 0.1) is 6.92 Å². The molecule has 1 atom stereocenters. The molecule has 4 aromatic rings. The number of amides is 1. The molecule has 4 rings (SSSR count). The summed E-state index contributed by atoms with van der Waals surface area (Å²) >= 11 is 0. The van der Waals surface area contributed by atoms with Crippen molar-refractivity contribution in [2.24, 2.45) is 0 Å². The molecule has 0 saturated carbocycles. The van der Waals surface area contributed by atoms with Gasteiger partial charge in [0.05, 0.1) is 36.2 Å². The van der Waals surface area contributed by atoms with Crippen molar-refractivity contribution in [3.8, 4) is 11.4 Å². The number of likely N-dealkylation sites (N-methyl/N-ethyl adjacent to an activating group) is 1. The van der Waals surface area contributed by atoms with Gasteiger partial charge in [0.1, 0.15) is 11.6 Å². The Morgan fingerprint density at radius 2 is 1.71 bits per heavy atom. The minimum absolute atomic E-state index is 0.0288. The van der Waals surface area contributed by atoms with E-state index in [1.54, 1.807) is 22.6 Å². The number of para-hydroxylation sites is 2. The highest BCUT2D eigenvalue weighted by molar-refractivity contribution is 5.80. The third-order valence-corrected chi connectivity index (χ3v) is 6.17. The third-order valence-electron chi connectivity index (χ3n) is 6.17. The summed E-state index contributed by atoms with van der Waals surface area (Å²) in [5, 5.41) is 0.550. The van der Waals surface area contributed by atoms with E-state index in [4.69, 9.17) is 9.72 Å². The van der Waals surface area contributed by atoms with Crippen LogP contribution in [0.25, 0.3) is 16.6 Å². The molecular weight excluding hydrogens is 426 g/mol. The van der Waals surface area contributed by atoms with Crippen LogP contribution in [0.3, 0.4) is 0 Å². The fourth-order valence-electron chi connectivity index (χ4n) is 4.30. The summed E-state index contributed by atoms with van der Waals surface area (Å²) < 4.78 is 6.87. The number of rotatable bonds is 7. The lowest BCUT2D eigenvalue weighted by Crippen LogP contribution is -2.38. The molecule has 0 aliphatic rings. The van der Waals surface area contributed by atoms with Crippen LogP contribution in [-0.4, -0.2) is 34.0 Å². The molecule has 3 aromatic carbocycles. The van der Waals surface area contributed by atoms with Crippen molar-refractivity contribution in [1.82, 2.24) is 14.5 Å². The number of aromatic nitrogens is 2. The predicted octanol–water partition coefficient (Wildman–Crippen LogP) is 4.85. The predicted molar refractivity (Wildman–Crippen MR) is 135 cm³/mol. The van der Waals surface area contributed by atoms with E-state index in [9.17, 15) is 9.59 Å². The van der Waals surface area contributed by atoms with Crippen molar-refractivity contribution in [2.45, 2.75) is 33.2 Å². The summed E-state index contributed by atoms with van der Waals surface area (Å²) in [5.74, 6) is 1.27.